The standard InChI is InChI=1S/C16H19N/c1-3-4-5-14-7-9-15(10-8-14)16-11-6-13(2)12-17-16/h6-12H,3-5H2,1-2H3. The molecule has 2 aromatic rings. The number of rotatable bonds is 4. The Bertz CT molecular complexity index is 454. The summed E-state index contributed by atoms with van der Waals surface area (Å²) in [6.45, 7) is 4.29. The van der Waals surface area contributed by atoms with Crippen molar-refractivity contribution >= 4 is 0 Å². The van der Waals surface area contributed by atoms with Crippen molar-refractivity contribution in [2.75, 3.05) is 0 Å². The number of benzene rings is 1. The van der Waals surface area contributed by atoms with Crippen molar-refractivity contribution < 1.29 is 0 Å². The quantitative estimate of drug-likeness (QED) is 0.751. The van der Waals surface area contributed by atoms with E-state index in [0.717, 1.165) is 5.69 Å². The summed E-state index contributed by atoms with van der Waals surface area (Å²) in [4.78, 5) is 4.44. The number of aryl methyl sites for hydroxylation is 2. The molecule has 0 atom stereocenters. The van der Waals surface area contributed by atoms with Crippen molar-refractivity contribution in [3.8, 4) is 11.3 Å². The van der Waals surface area contributed by atoms with E-state index in [-0.39, 0.29) is 0 Å². The molecule has 2 rings (SSSR count). The Kier molecular flexibility index (Phi) is 3.92. The third-order valence-corrected chi connectivity index (χ3v) is 2.98. The van der Waals surface area contributed by atoms with Crippen LogP contribution in [0.5, 0.6) is 0 Å². The number of nitrogens with zero attached hydrogens (tertiary/aromatic N) is 1. The molecule has 17 heavy (non-hydrogen) atoms. The van der Waals surface area contributed by atoms with Crippen LogP contribution in [0.15, 0.2) is 42.6 Å². The van der Waals surface area contributed by atoms with Gasteiger partial charge in [-0.05, 0) is 37.0 Å². The Morgan fingerprint density at radius 2 is 1.76 bits per heavy atom. The highest BCUT2D eigenvalue weighted by Gasteiger charge is 1.99. The molecular weight excluding hydrogens is 206 g/mol. The van der Waals surface area contributed by atoms with Gasteiger partial charge in [0.15, 0.2) is 0 Å². The summed E-state index contributed by atoms with van der Waals surface area (Å²) in [5, 5.41) is 0. The van der Waals surface area contributed by atoms with Crippen molar-refractivity contribution in [3.63, 3.8) is 0 Å². The van der Waals surface area contributed by atoms with Gasteiger partial charge < -0.3 is 0 Å². The number of hydrogen-bond donors (Lipinski definition) is 0. The minimum absolute atomic E-state index is 1.05. The monoisotopic (exact) mass is 225 g/mol. The van der Waals surface area contributed by atoms with Crippen LogP contribution < -0.4 is 0 Å². The first-order chi connectivity index (χ1) is 8.29. The van der Waals surface area contributed by atoms with Crippen LogP contribution in [-0.2, 0) is 6.42 Å². The smallest absolute Gasteiger partial charge is 0.0702 e. The molecule has 0 fully saturated rings. The van der Waals surface area contributed by atoms with Gasteiger partial charge in [-0.25, -0.2) is 0 Å². The predicted molar refractivity (Wildman–Crippen MR) is 73.0 cm³/mol. The van der Waals surface area contributed by atoms with Gasteiger partial charge in [-0.1, -0.05) is 43.7 Å². The maximum absolute atomic E-state index is 4.44. The molecule has 1 heteroatoms. The molecule has 88 valence electrons. The van der Waals surface area contributed by atoms with Gasteiger partial charge in [0, 0.05) is 11.8 Å². The second-order valence-corrected chi connectivity index (χ2v) is 4.52. The highest BCUT2D eigenvalue weighted by atomic mass is 14.7. The Hall–Kier alpha value is -1.63. The average Bonchev–Trinajstić information content (AvgIpc) is 2.38. The average molecular weight is 225 g/mol. The number of hydrogen-bond acceptors (Lipinski definition) is 1. The Morgan fingerprint density at radius 3 is 2.35 bits per heavy atom. The minimum atomic E-state index is 1.05. The van der Waals surface area contributed by atoms with Crippen molar-refractivity contribution in [1.29, 1.82) is 0 Å². The van der Waals surface area contributed by atoms with E-state index in [1.807, 2.05) is 6.20 Å². The van der Waals surface area contributed by atoms with Crippen LogP contribution in [0, 0.1) is 6.92 Å². The first kappa shape index (κ1) is 11.8. The second kappa shape index (κ2) is 5.62. The summed E-state index contributed by atoms with van der Waals surface area (Å²) in [6, 6.07) is 13.0. The minimum Gasteiger partial charge on any atom is -0.256 e. The van der Waals surface area contributed by atoms with Gasteiger partial charge in [0.2, 0.25) is 0 Å². The normalized spacial score (nSPS) is 10.5. The molecule has 1 aromatic carbocycles. The van der Waals surface area contributed by atoms with Crippen molar-refractivity contribution in [2.24, 2.45) is 0 Å². The lowest BCUT2D eigenvalue weighted by Crippen LogP contribution is -1.87. The van der Waals surface area contributed by atoms with Gasteiger partial charge in [-0.15, -0.1) is 0 Å². The van der Waals surface area contributed by atoms with E-state index in [1.165, 1.54) is 36.0 Å². The topological polar surface area (TPSA) is 12.9 Å². The number of unbranched alkanes of at least 4 members (excludes halogenated alkanes) is 1. The highest BCUT2D eigenvalue weighted by molar-refractivity contribution is 5.59. The van der Waals surface area contributed by atoms with E-state index in [2.05, 4.69) is 55.2 Å². The molecule has 0 bridgehead atoms. The van der Waals surface area contributed by atoms with Crippen LogP contribution >= 0.6 is 0 Å². The van der Waals surface area contributed by atoms with Gasteiger partial charge in [-0.3, -0.25) is 4.98 Å². The van der Waals surface area contributed by atoms with E-state index in [1.54, 1.807) is 0 Å². The third-order valence-electron chi connectivity index (χ3n) is 2.98. The van der Waals surface area contributed by atoms with Crippen molar-refractivity contribution in [3.05, 3.63) is 53.7 Å². The van der Waals surface area contributed by atoms with Crippen LogP contribution in [0.1, 0.15) is 30.9 Å². The number of aromatic nitrogens is 1. The van der Waals surface area contributed by atoms with Crippen LogP contribution in [0.25, 0.3) is 11.3 Å². The molecule has 1 aromatic heterocycles. The van der Waals surface area contributed by atoms with Crippen LogP contribution in [-0.4, -0.2) is 4.98 Å². The van der Waals surface area contributed by atoms with Crippen LogP contribution in [0.2, 0.25) is 0 Å². The second-order valence-electron chi connectivity index (χ2n) is 4.52. The zero-order chi connectivity index (χ0) is 12.1. The van der Waals surface area contributed by atoms with Gasteiger partial charge in [0.25, 0.3) is 0 Å². The molecule has 1 heterocycles. The molecule has 0 aliphatic rings. The molecule has 0 radical (unpaired) electrons. The molecular formula is C16H19N. The summed E-state index contributed by atoms with van der Waals surface area (Å²) >= 11 is 0. The first-order valence-corrected chi connectivity index (χ1v) is 6.31. The molecule has 0 unspecified atom stereocenters. The molecule has 0 amide bonds. The van der Waals surface area contributed by atoms with E-state index in [0.29, 0.717) is 0 Å². The third kappa shape index (κ3) is 3.16. The fraction of sp³-hybridized carbons (Fsp3) is 0.312. The van der Waals surface area contributed by atoms with Gasteiger partial charge in [0.05, 0.1) is 5.69 Å². The largest absolute Gasteiger partial charge is 0.256 e. The molecule has 1 nitrogen and oxygen atoms in total. The SMILES string of the molecule is CCCCc1ccc(-c2ccc(C)cn2)cc1. The zero-order valence-corrected chi connectivity index (χ0v) is 10.6. The molecule has 0 N–H and O–H groups in total. The van der Waals surface area contributed by atoms with E-state index < -0.39 is 0 Å². The maximum atomic E-state index is 4.44. The highest BCUT2D eigenvalue weighted by Crippen LogP contribution is 2.18. The van der Waals surface area contributed by atoms with E-state index in [9.17, 15) is 0 Å². The van der Waals surface area contributed by atoms with Crippen molar-refractivity contribution in [2.45, 2.75) is 33.1 Å². The zero-order valence-electron chi connectivity index (χ0n) is 10.6. The van der Waals surface area contributed by atoms with Crippen molar-refractivity contribution in [1.82, 2.24) is 4.98 Å². The Labute approximate surface area is 104 Å². The molecule has 0 spiro atoms. The molecule has 0 saturated heterocycles. The van der Waals surface area contributed by atoms with Gasteiger partial charge in [0.1, 0.15) is 0 Å². The van der Waals surface area contributed by atoms with E-state index in [4.69, 9.17) is 0 Å². The fourth-order valence-corrected chi connectivity index (χ4v) is 1.86. The lowest BCUT2D eigenvalue weighted by Gasteiger charge is -2.04. The molecule has 0 saturated carbocycles. The Morgan fingerprint density at radius 1 is 1.00 bits per heavy atom. The van der Waals surface area contributed by atoms with E-state index >= 15 is 0 Å². The molecule has 0 aliphatic carbocycles. The lowest BCUT2D eigenvalue weighted by atomic mass is 10.0. The summed E-state index contributed by atoms with van der Waals surface area (Å²) in [6.07, 6.45) is 5.61. The van der Waals surface area contributed by atoms with Gasteiger partial charge >= 0.3 is 0 Å². The maximum Gasteiger partial charge on any atom is 0.0702 e. The van der Waals surface area contributed by atoms with Crippen LogP contribution in [0.3, 0.4) is 0 Å². The summed E-state index contributed by atoms with van der Waals surface area (Å²) in [5.41, 5.74) is 4.87. The predicted octanol–water partition coefficient (Wildman–Crippen LogP) is 4.40. The Balaban J connectivity index is 2.14. The summed E-state index contributed by atoms with van der Waals surface area (Å²) in [7, 11) is 0. The summed E-state index contributed by atoms with van der Waals surface area (Å²) < 4.78 is 0. The summed E-state index contributed by atoms with van der Waals surface area (Å²) in [5.74, 6) is 0. The van der Waals surface area contributed by atoms with Crippen LogP contribution in [0.4, 0.5) is 0 Å². The molecule has 0 aliphatic heterocycles. The van der Waals surface area contributed by atoms with Gasteiger partial charge in [-0.2, -0.15) is 0 Å². The first-order valence-electron chi connectivity index (χ1n) is 6.31. The lowest BCUT2D eigenvalue weighted by molar-refractivity contribution is 0.795. The fourth-order valence-electron chi connectivity index (χ4n) is 1.86. The number of pyridine rings is 1.